The van der Waals surface area contributed by atoms with E-state index in [1.165, 1.54) is 18.2 Å². The van der Waals surface area contributed by atoms with Crippen molar-refractivity contribution >= 4 is 10.8 Å². The molecule has 1 atom stereocenters. The van der Waals surface area contributed by atoms with Crippen LogP contribution in [0.5, 0.6) is 5.75 Å². The molecule has 0 bridgehead atoms. The summed E-state index contributed by atoms with van der Waals surface area (Å²) >= 11 is 0. The van der Waals surface area contributed by atoms with Gasteiger partial charge < -0.3 is 10.4 Å². The Hall–Kier alpha value is -1.54. The molecule has 1 aliphatic rings. The van der Waals surface area contributed by atoms with Crippen molar-refractivity contribution in [2.75, 3.05) is 6.54 Å². The summed E-state index contributed by atoms with van der Waals surface area (Å²) in [4.78, 5) is 0. The van der Waals surface area contributed by atoms with E-state index in [2.05, 4.69) is 17.4 Å². The number of benzene rings is 2. The SMILES string of the molecule is Oc1cc2ccccc2cc1[C@H]1CCCCN1. The number of hydrogen-bond acceptors (Lipinski definition) is 2. The van der Waals surface area contributed by atoms with Gasteiger partial charge in [0, 0.05) is 11.6 Å². The highest BCUT2D eigenvalue weighted by atomic mass is 16.3. The molecule has 2 aromatic rings. The van der Waals surface area contributed by atoms with Gasteiger partial charge in [0.15, 0.2) is 0 Å². The van der Waals surface area contributed by atoms with Gasteiger partial charge in [0.2, 0.25) is 0 Å². The summed E-state index contributed by atoms with van der Waals surface area (Å²) in [5.41, 5.74) is 1.04. The second-order valence-electron chi connectivity index (χ2n) is 4.76. The van der Waals surface area contributed by atoms with Gasteiger partial charge >= 0.3 is 0 Å². The van der Waals surface area contributed by atoms with Gasteiger partial charge in [-0.2, -0.15) is 0 Å². The molecule has 17 heavy (non-hydrogen) atoms. The molecule has 0 spiro atoms. The number of fused-ring (bicyclic) bond motifs is 1. The topological polar surface area (TPSA) is 32.3 Å². The van der Waals surface area contributed by atoms with E-state index < -0.39 is 0 Å². The van der Waals surface area contributed by atoms with Crippen LogP contribution in [0.4, 0.5) is 0 Å². The Labute approximate surface area is 101 Å². The molecule has 0 amide bonds. The lowest BCUT2D eigenvalue weighted by Crippen LogP contribution is -2.26. The summed E-state index contributed by atoms with van der Waals surface area (Å²) < 4.78 is 0. The molecule has 2 aromatic carbocycles. The summed E-state index contributed by atoms with van der Waals surface area (Å²) in [6.07, 6.45) is 3.60. The number of piperidine rings is 1. The van der Waals surface area contributed by atoms with Gasteiger partial charge in [-0.3, -0.25) is 0 Å². The van der Waals surface area contributed by atoms with E-state index in [0.29, 0.717) is 11.8 Å². The summed E-state index contributed by atoms with van der Waals surface area (Å²) in [6, 6.07) is 12.5. The minimum Gasteiger partial charge on any atom is -0.508 e. The van der Waals surface area contributed by atoms with E-state index in [0.717, 1.165) is 23.9 Å². The number of nitrogens with one attached hydrogen (secondary N) is 1. The molecule has 0 unspecified atom stereocenters. The second-order valence-corrected chi connectivity index (χ2v) is 4.76. The van der Waals surface area contributed by atoms with Crippen LogP contribution in [0.15, 0.2) is 36.4 Å². The number of phenolic OH excluding ortho intramolecular Hbond substituents is 1. The standard InChI is InChI=1S/C15H17NO/c17-15-10-12-6-2-1-5-11(12)9-13(15)14-7-3-4-8-16-14/h1-2,5-6,9-10,14,16-17H,3-4,7-8H2/t14-/m1/s1. The van der Waals surface area contributed by atoms with Crippen molar-refractivity contribution in [2.24, 2.45) is 0 Å². The molecule has 2 heteroatoms. The Morgan fingerprint density at radius 2 is 1.82 bits per heavy atom. The van der Waals surface area contributed by atoms with E-state index in [1.807, 2.05) is 24.3 Å². The molecule has 3 rings (SSSR count). The Balaban J connectivity index is 2.06. The predicted molar refractivity (Wildman–Crippen MR) is 70.2 cm³/mol. The van der Waals surface area contributed by atoms with E-state index >= 15 is 0 Å². The number of hydrogen-bond donors (Lipinski definition) is 2. The van der Waals surface area contributed by atoms with Crippen LogP contribution in [-0.2, 0) is 0 Å². The zero-order chi connectivity index (χ0) is 11.7. The van der Waals surface area contributed by atoms with Crippen LogP contribution >= 0.6 is 0 Å². The molecule has 1 aliphatic heterocycles. The van der Waals surface area contributed by atoms with Crippen LogP contribution in [0.25, 0.3) is 10.8 Å². The van der Waals surface area contributed by atoms with Gasteiger partial charge in [-0.1, -0.05) is 30.7 Å². The van der Waals surface area contributed by atoms with Gasteiger partial charge in [0.25, 0.3) is 0 Å². The lowest BCUT2D eigenvalue weighted by molar-refractivity contribution is 0.391. The molecule has 2 nitrogen and oxygen atoms in total. The zero-order valence-corrected chi connectivity index (χ0v) is 9.82. The average Bonchev–Trinajstić information content (AvgIpc) is 2.39. The molecule has 0 radical (unpaired) electrons. The highest BCUT2D eigenvalue weighted by molar-refractivity contribution is 5.85. The molecule has 0 aliphatic carbocycles. The molecule has 2 N–H and O–H groups in total. The third kappa shape index (κ3) is 2.01. The molecular formula is C15H17NO. The minimum atomic E-state index is 0.313. The van der Waals surface area contributed by atoms with Crippen LogP contribution in [0, 0.1) is 0 Å². The first-order chi connectivity index (χ1) is 8.34. The highest BCUT2D eigenvalue weighted by Crippen LogP contribution is 2.33. The molecule has 88 valence electrons. The Morgan fingerprint density at radius 1 is 1.06 bits per heavy atom. The van der Waals surface area contributed by atoms with Crippen LogP contribution in [-0.4, -0.2) is 11.7 Å². The molecule has 0 aromatic heterocycles. The van der Waals surface area contributed by atoms with Crippen LogP contribution in [0.3, 0.4) is 0 Å². The van der Waals surface area contributed by atoms with E-state index in [4.69, 9.17) is 0 Å². The Bertz CT molecular complexity index is 529. The largest absolute Gasteiger partial charge is 0.508 e. The molecular weight excluding hydrogens is 210 g/mol. The lowest BCUT2D eigenvalue weighted by atomic mass is 9.94. The molecule has 0 saturated carbocycles. The van der Waals surface area contributed by atoms with Crippen molar-refractivity contribution in [3.63, 3.8) is 0 Å². The van der Waals surface area contributed by atoms with E-state index in [9.17, 15) is 5.11 Å². The summed E-state index contributed by atoms with van der Waals surface area (Å²) in [6.45, 7) is 1.05. The van der Waals surface area contributed by atoms with Gasteiger partial charge in [-0.25, -0.2) is 0 Å². The quantitative estimate of drug-likeness (QED) is 0.783. The van der Waals surface area contributed by atoms with Crippen LogP contribution in [0.1, 0.15) is 30.9 Å². The average molecular weight is 227 g/mol. The summed E-state index contributed by atoms with van der Waals surface area (Å²) in [7, 11) is 0. The third-order valence-electron chi connectivity index (χ3n) is 3.58. The van der Waals surface area contributed by atoms with Gasteiger partial charge in [-0.15, -0.1) is 0 Å². The maximum absolute atomic E-state index is 10.1. The number of aromatic hydroxyl groups is 1. The smallest absolute Gasteiger partial charge is 0.120 e. The predicted octanol–water partition coefficient (Wildman–Crippen LogP) is 3.36. The first-order valence-electron chi connectivity index (χ1n) is 6.29. The van der Waals surface area contributed by atoms with Gasteiger partial charge in [-0.05, 0) is 42.3 Å². The lowest BCUT2D eigenvalue weighted by Gasteiger charge is -2.24. The van der Waals surface area contributed by atoms with E-state index in [-0.39, 0.29) is 0 Å². The van der Waals surface area contributed by atoms with Crippen molar-refractivity contribution < 1.29 is 5.11 Å². The fourth-order valence-electron chi connectivity index (χ4n) is 2.64. The fraction of sp³-hybridized carbons (Fsp3) is 0.333. The fourth-order valence-corrected chi connectivity index (χ4v) is 2.64. The van der Waals surface area contributed by atoms with Crippen molar-refractivity contribution in [3.05, 3.63) is 42.0 Å². The number of rotatable bonds is 1. The van der Waals surface area contributed by atoms with Crippen LogP contribution < -0.4 is 5.32 Å². The maximum atomic E-state index is 10.1. The van der Waals surface area contributed by atoms with Crippen molar-refractivity contribution in [3.8, 4) is 5.75 Å². The maximum Gasteiger partial charge on any atom is 0.120 e. The summed E-state index contributed by atoms with van der Waals surface area (Å²) in [5, 5.41) is 15.9. The first-order valence-corrected chi connectivity index (χ1v) is 6.29. The molecule has 1 fully saturated rings. The zero-order valence-electron chi connectivity index (χ0n) is 9.82. The van der Waals surface area contributed by atoms with Crippen LogP contribution in [0.2, 0.25) is 0 Å². The monoisotopic (exact) mass is 227 g/mol. The first kappa shape index (κ1) is 10.6. The van der Waals surface area contributed by atoms with Crippen molar-refractivity contribution in [1.29, 1.82) is 0 Å². The van der Waals surface area contributed by atoms with Crippen molar-refractivity contribution in [2.45, 2.75) is 25.3 Å². The van der Waals surface area contributed by atoms with Gasteiger partial charge in [0.1, 0.15) is 5.75 Å². The normalized spacial score (nSPS) is 20.6. The highest BCUT2D eigenvalue weighted by Gasteiger charge is 2.18. The van der Waals surface area contributed by atoms with Gasteiger partial charge in [0.05, 0.1) is 0 Å². The van der Waals surface area contributed by atoms with E-state index in [1.54, 1.807) is 0 Å². The second kappa shape index (κ2) is 4.38. The third-order valence-corrected chi connectivity index (χ3v) is 3.58. The summed E-state index contributed by atoms with van der Waals surface area (Å²) in [5.74, 6) is 0.420. The molecule has 1 heterocycles. The Kier molecular flexibility index (Phi) is 2.73. The molecule has 1 saturated heterocycles. The number of phenols is 1. The minimum absolute atomic E-state index is 0.313. The Morgan fingerprint density at radius 3 is 2.53 bits per heavy atom. The van der Waals surface area contributed by atoms with Crippen molar-refractivity contribution in [1.82, 2.24) is 5.32 Å².